The van der Waals surface area contributed by atoms with Crippen LogP contribution >= 0.6 is 11.3 Å². The number of aryl methyl sites for hydroxylation is 1. The first-order valence-electron chi connectivity index (χ1n) is 9.30. The Kier molecular flexibility index (Phi) is 6.71. The molecule has 0 saturated heterocycles. The molecule has 3 rings (SSSR count). The van der Waals surface area contributed by atoms with Crippen LogP contribution in [0, 0.1) is 0 Å². The molecule has 1 heterocycles. The molecule has 1 atom stereocenters. The third kappa shape index (κ3) is 5.46. The number of nitrogens with two attached hydrogens (primary N) is 1. The second-order valence-corrected chi connectivity index (χ2v) is 7.60. The summed E-state index contributed by atoms with van der Waals surface area (Å²) in [7, 11) is 0. The Morgan fingerprint density at radius 1 is 1.07 bits per heavy atom. The average Bonchev–Trinajstić information content (AvgIpc) is 3.23. The zero-order chi connectivity index (χ0) is 20.9. The van der Waals surface area contributed by atoms with Gasteiger partial charge < -0.3 is 10.6 Å². The third-order valence-corrected chi connectivity index (χ3v) is 5.60. The molecule has 1 aromatic heterocycles. The van der Waals surface area contributed by atoms with Crippen LogP contribution in [-0.2, 0) is 17.4 Å². The molecule has 0 spiro atoms. The Hall–Kier alpha value is -2.64. The smallest absolute Gasteiger partial charge is 0.328 e. The molecule has 3 nitrogen and oxygen atoms in total. The van der Waals surface area contributed by atoms with Gasteiger partial charge in [-0.15, -0.1) is 11.3 Å². The van der Waals surface area contributed by atoms with Gasteiger partial charge in [-0.05, 0) is 35.6 Å². The highest BCUT2D eigenvalue weighted by molar-refractivity contribution is 7.10. The van der Waals surface area contributed by atoms with E-state index in [2.05, 4.69) is 24.4 Å². The maximum absolute atomic E-state index is 13.1. The van der Waals surface area contributed by atoms with Crippen molar-refractivity contribution in [1.82, 2.24) is 0 Å². The minimum atomic E-state index is -4.52. The number of alkyl halides is 3. The number of hydrogen-bond donors (Lipinski definition) is 2. The van der Waals surface area contributed by atoms with Gasteiger partial charge in [0.1, 0.15) is 6.04 Å². The van der Waals surface area contributed by atoms with Crippen LogP contribution < -0.4 is 10.6 Å². The summed E-state index contributed by atoms with van der Waals surface area (Å²) in [6, 6.07) is 17.0. The highest BCUT2D eigenvalue weighted by Gasteiger charge is 2.33. The fourth-order valence-corrected chi connectivity index (χ4v) is 3.96. The first-order chi connectivity index (χ1) is 13.9. The van der Waals surface area contributed by atoms with Crippen LogP contribution in [0.25, 0.3) is 0 Å². The number of carbonyl (C=O) groups excluding carboxylic acids is 1. The molecule has 7 heteroatoms. The number of benzene rings is 2. The van der Waals surface area contributed by atoms with Crippen LogP contribution in [0.4, 0.5) is 18.9 Å². The van der Waals surface area contributed by atoms with E-state index in [1.165, 1.54) is 23.8 Å². The minimum Gasteiger partial charge on any atom is -0.328 e. The number of amides is 1. The molecule has 29 heavy (non-hydrogen) atoms. The number of rotatable bonds is 7. The highest BCUT2D eigenvalue weighted by atomic mass is 32.1. The second kappa shape index (κ2) is 9.24. The van der Waals surface area contributed by atoms with Gasteiger partial charge >= 0.3 is 6.18 Å². The minimum absolute atomic E-state index is 0.00425. The van der Waals surface area contributed by atoms with Gasteiger partial charge in [0.25, 0.3) is 5.91 Å². The van der Waals surface area contributed by atoms with Crippen molar-refractivity contribution < 1.29 is 23.3 Å². The molecule has 1 amide bonds. The number of halogens is 3. The molecule has 0 aliphatic rings. The molecule has 0 unspecified atom stereocenters. The van der Waals surface area contributed by atoms with Gasteiger partial charge in [0, 0.05) is 5.56 Å². The Labute approximate surface area is 171 Å². The number of hydrogen-bond acceptors (Lipinski definition) is 2. The summed E-state index contributed by atoms with van der Waals surface area (Å²) in [5.74, 6) is -0.478. The van der Waals surface area contributed by atoms with E-state index in [4.69, 9.17) is 0 Å². The van der Waals surface area contributed by atoms with E-state index in [0.717, 1.165) is 22.9 Å². The van der Waals surface area contributed by atoms with Crippen LogP contribution in [0.5, 0.6) is 0 Å². The molecular formula is C22H22F3N2OS+. The van der Waals surface area contributed by atoms with Crippen LogP contribution in [-0.4, -0.2) is 12.5 Å². The molecule has 0 saturated carbocycles. The summed E-state index contributed by atoms with van der Waals surface area (Å²) in [5, 5.41) is 6.21. The van der Waals surface area contributed by atoms with E-state index in [-0.39, 0.29) is 18.3 Å². The molecule has 3 aromatic rings. The molecule has 0 aliphatic heterocycles. The van der Waals surface area contributed by atoms with Gasteiger partial charge in [0.15, 0.2) is 6.54 Å². The molecule has 0 radical (unpaired) electrons. The van der Waals surface area contributed by atoms with E-state index in [0.29, 0.717) is 0 Å². The molecule has 2 aromatic carbocycles. The van der Waals surface area contributed by atoms with Crippen molar-refractivity contribution in [2.45, 2.75) is 25.6 Å². The fourth-order valence-electron chi connectivity index (χ4n) is 3.11. The van der Waals surface area contributed by atoms with E-state index >= 15 is 0 Å². The zero-order valence-electron chi connectivity index (χ0n) is 15.9. The third-order valence-electron chi connectivity index (χ3n) is 4.64. The van der Waals surface area contributed by atoms with Gasteiger partial charge in [-0.25, -0.2) is 0 Å². The van der Waals surface area contributed by atoms with Crippen molar-refractivity contribution in [2.24, 2.45) is 0 Å². The Balaban J connectivity index is 1.72. The highest BCUT2D eigenvalue weighted by Crippen LogP contribution is 2.34. The van der Waals surface area contributed by atoms with Crippen molar-refractivity contribution in [2.75, 3.05) is 11.9 Å². The van der Waals surface area contributed by atoms with E-state index in [1.54, 1.807) is 11.3 Å². The topological polar surface area (TPSA) is 45.7 Å². The summed E-state index contributed by atoms with van der Waals surface area (Å²) < 4.78 is 39.4. The molecule has 0 aliphatic carbocycles. The monoisotopic (exact) mass is 419 g/mol. The second-order valence-electron chi connectivity index (χ2n) is 6.62. The van der Waals surface area contributed by atoms with Crippen LogP contribution in [0.15, 0.2) is 66.0 Å². The number of anilines is 1. The van der Waals surface area contributed by atoms with Crippen molar-refractivity contribution in [1.29, 1.82) is 0 Å². The summed E-state index contributed by atoms with van der Waals surface area (Å²) in [6.07, 6.45) is -3.58. The number of para-hydroxylation sites is 1. The SMILES string of the molecule is CCc1ccc([C@H]([NH2+]CC(=O)Nc2ccccc2C(F)(F)F)c2cccs2)cc1. The molecule has 0 bridgehead atoms. The van der Waals surface area contributed by atoms with Crippen LogP contribution in [0.2, 0.25) is 0 Å². The fraction of sp³-hybridized carbons (Fsp3) is 0.227. The number of carbonyl (C=O) groups is 1. The van der Waals surface area contributed by atoms with Gasteiger partial charge in [-0.1, -0.05) is 49.4 Å². The van der Waals surface area contributed by atoms with Gasteiger partial charge in [0.05, 0.1) is 16.1 Å². The van der Waals surface area contributed by atoms with E-state index in [1.807, 2.05) is 35.0 Å². The Bertz CT molecular complexity index is 937. The molecular weight excluding hydrogens is 397 g/mol. The van der Waals surface area contributed by atoms with Crippen molar-refractivity contribution in [3.05, 3.63) is 87.6 Å². The Morgan fingerprint density at radius 2 is 1.79 bits per heavy atom. The van der Waals surface area contributed by atoms with Gasteiger partial charge in [-0.2, -0.15) is 13.2 Å². The summed E-state index contributed by atoms with van der Waals surface area (Å²) in [6.45, 7) is 2.09. The molecule has 152 valence electrons. The first kappa shape index (κ1) is 21.1. The summed E-state index contributed by atoms with van der Waals surface area (Å²) >= 11 is 1.59. The lowest BCUT2D eigenvalue weighted by Crippen LogP contribution is -2.87. The maximum atomic E-state index is 13.1. The van der Waals surface area contributed by atoms with E-state index in [9.17, 15) is 18.0 Å². The molecule has 3 N–H and O–H groups in total. The zero-order valence-corrected chi connectivity index (χ0v) is 16.7. The lowest BCUT2D eigenvalue weighted by atomic mass is 10.0. The number of thiophene rings is 1. The number of quaternary nitrogens is 1. The van der Waals surface area contributed by atoms with Crippen LogP contribution in [0.3, 0.4) is 0 Å². The predicted octanol–water partition coefficient (Wildman–Crippen LogP) is 4.62. The van der Waals surface area contributed by atoms with E-state index < -0.39 is 17.6 Å². The van der Waals surface area contributed by atoms with Crippen molar-refractivity contribution in [3.63, 3.8) is 0 Å². The first-order valence-corrected chi connectivity index (χ1v) is 10.2. The summed E-state index contributed by atoms with van der Waals surface area (Å²) in [4.78, 5) is 13.5. The van der Waals surface area contributed by atoms with Crippen molar-refractivity contribution in [3.8, 4) is 0 Å². The predicted molar refractivity (Wildman–Crippen MR) is 109 cm³/mol. The standard InChI is InChI=1S/C22H21F3N2OS/c1-2-15-9-11-16(12-10-15)21(19-8-5-13-29-19)26-14-20(28)27-18-7-4-3-6-17(18)22(23,24)25/h3-13,21,26H,2,14H2,1H3,(H,27,28)/p+1/t21-/m0/s1. The quantitative estimate of drug-likeness (QED) is 0.577. The van der Waals surface area contributed by atoms with Crippen LogP contribution in [0.1, 0.15) is 34.5 Å². The largest absolute Gasteiger partial charge is 0.418 e. The lowest BCUT2D eigenvalue weighted by molar-refractivity contribution is -0.675. The normalized spacial score (nSPS) is 12.6. The lowest BCUT2D eigenvalue weighted by Gasteiger charge is -2.16. The number of nitrogens with one attached hydrogen (secondary N) is 1. The van der Waals surface area contributed by atoms with Gasteiger partial charge in [0.2, 0.25) is 0 Å². The van der Waals surface area contributed by atoms with Crippen molar-refractivity contribution >= 4 is 22.9 Å². The van der Waals surface area contributed by atoms with Gasteiger partial charge in [-0.3, -0.25) is 4.79 Å². The summed E-state index contributed by atoms with van der Waals surface area (Å²) in [5.41, 5.74) is 1.20. The molecule has 0 fully saturated rings. The maximum Gasteiger partial charge on any atom is 0.418 e. The average molecular weight is 419 g/mol. The Morgan fingerprint density at radius 3 is 2.41 bits per heavy atom.